The van der Waals surface area contributed by atoms with Crippen molar-refractivity contribution in [1.82, 2.24) is 4.90 Å². The monoisotopic (exact) mass is 305 g/mol. The molecule has 1 aromatic carbocycles. The number of benzene rings is 1. The summed E-state index contributed by atoms with van der Waals surface area (Å²) in [6, 6.07) is 6.47. The van der Waals surface area contributed by atoms with Gasteiger partial charge in [-0.15, -0.1) is 0 Å². The molecular weight excluding hydrogens is 278 g/mol. The molecule has 1 rings (SSSR count). The van der Waals surface area contributed by atoms with Crippen LogP contribution in [-0.2, 0) is 0 Å². The number of nitrogens with zero attached hydrogens (tertiary/aromatic N) is 1. The Bertz CT molecular complexity index is 475. The molecular formula is C18H27NO3. The fraction of sp³-hybridized carbons (Fsp3) is 0.556. The summed E-state index contributed by atoms with van der Waals surface area (Å²) in [6.07, 6.45) is 6.29. The number of unbranched alkanes of at least 4 members (excludes halogenated alkanes) is 4. The molecule has 0 aliphatic heterocycles. The van der Waals surface area contributed by atoms with Crippen LogP contribution in [0.4, 0.5) is 0 Å². The molecule has 0 spiro atoms. The number of carbonyl (C=O) groups excluding carboxylic acids is 1. The molecule has 0 bridgehead atoms. The Hall–Kier alpha value is -1.84. The van der Waals surface area contributed by atoms with Crippen LogP contribution in [0.1, 0.15) is 73.1 Å². The summed E-state index contributed by atoms with van der Waals surface area (Å²) in [5.74, 6) is -1.21. The van der Waals surface area contributed by atoms with Gasteiger partial charge in [0.2, 0.25) is 0 Å². The van der Waals surface area contributed by atoms with Gasteiger partial charge in [0, 0.05) is 13.1 Å². The highest BCUT2D eigenvalue weighted by molar-refractivity contribution is 6.04. The van der Waals surface area contributed by atoms with Crippen LogP contribution in [-0.4, -0.2) is 35.0 Å². The van der Waals surface area contributed by atoms with E-state index in [-0.39, 0.29) is 11.5 Å². The first-order valence-electron chi connectivity index (χ1n) is 8.23. The van der Waals surface area contributed by atoms with Crippen LogP contribution >= 0.6 is 0 Å². The van der Waals surface area contributed by atoms with Gasteiger partial charge in [0.05, 0.1) is 11.1 Å². The molecule has 0 atom stereocenters. The van der Waals surface area contributed by atoms with Crippen LogP contribution in [0.2, 0.25) is 0 Å². The van der Waals surface area contributed by atoms with E-state index in [9.17, 15) is 14.7 Å². The van der Waals surface area contributed by atoms with E-state index in [1.165, 1.54) is 6.07 Å². The molecule has 0 aliphatic carbocycles. The molecule has 0 aliphatic rings. The molecule has 0 saturated heterocycles. The van der Waals surface area contributed by atoms with Gasteiger partial charge in [0.1, 0.15) is 0 Å². The zero-order valence-corrected chi connectivity index (χ0v) is 13.7. The maximum Gasteiger partial charge on any atom is 0.336 e. The van der Waals surface area contributed by atoms with E-state index in [1.54, 1.807) is 18.2 Å². The van der Waals surface area contributed by atoms with Crippen molar-refractivity contribution in [3.8, 4) is 0 Å². The molecule has 0 unspecified atom stereocenters. The number of carboxylic acids is 1. The molecule has 0 heterocycles. The van der Waals surface area contributed by atoms with Gasteiger partial charge in [0.25, 0.3) is 5.91 Å². The lowest BCUT2D eigenvalue weighted by Gasteiger charge is -2.23. The zero-order chi connectivity index (χ0) is 16.4. The normalized spacial score (nSPS) is 10.5. The summed E-state index contributed by atoms with van der Waals surface area (Å²) < 4.78 is 0. The Morgan fingerprint density at radius 1 is 0.909 bits per heavy atom. The largest absolute Gasteiger partial charge is 0.478 e. The summed E-state index contributed by atoms with van der Waals surface area (Å²) in [7, 11) is 0. The van der Waals surface area contributed by atoms with Crippen LogP contribution in [0, 0.1) is 0 Å². The molecule has 4 nitrogen and oxygen atoms in total. The fourth-order valence-electron chi connectivity index (χ4n) is 2.45. The number of carboxylic acid groups (broad SMARTS) is 1. The average Bonchev–Trinajstić information content (AvgIpc) is 2.53. The second-order valence-electron chi connectivity index (χ2n) is 5.56. The van der Waals surface area contributed by atoms with E-state index in [2.05, 4.69) is 13.8 Å². The van der Waals surface area contributed by atoms with E-state index in [0.29, 0.717) is 18.7 Å². The van der Waals surface area contributed by atoms with Gasteiger partial charge in [0.15, 0.2) is 0 Å². The molecule has 1 amide bonds. The maximum atomic E-state index is 12.7. The molecule has 0 saturated carbocycles. The molecule has 122 valence electrons. The summed E-state index contributed by atoms with van der Waals surface area (Å²) in [5, 5.41) is 9.25. The smallest absolute Gasteiger partial charge is 0.336 e. The number of hydrogen-bond donors (Lipinski definition) is 1. The first-order valence-corrected chi connectivity index (χ1v) is 8.23. The molecule has 1 N–H and O–H groups in total. The van der Waals surface area contributed by atoms with E-state index in [0.717, 1.165) is 38.5 Å². The Balaban J connectivity index is 2.87. The highest BCUT2D eigenvalue weighted by Gasteiger charge is 2.20. The van der Waals surface area contributed by atoms with Gasteiger partial charge in [-0.3, -0.25) is 4.79 Å². The number of aromatic carboxylic acids is 1. The Labute approximate surface area is 133 Å². The molecule has 0 aromatic heterocycles. The maximum absolute atomic E-state index is 12.7. The molecule has 0 radical (unpaired) electrons. The minimum Gasteiger partial charge on any atom is -0.478 e. The standard InChI is InChI=1S/C18H27NO3/c1-3-5-9-13-19(14-10-6-4-2)17(20)15-11-7-8-12-16(15)18(21)22/h7-8,11-12H,3-6,9-10,13-14H2,1-2H3,(H,21,22). The van der Waals surface area contributed by atoms with Gasteiger partial charge in [-0.25, -0.2) is 4.79 Å². The summed E-state index contributed by atoms with van der Waals surface area (Å²) >= 11 is 0. The highest BCUT2D eigenvalue weighted by atomic mass is 16.4. The minimum absolute atomic E-state index is 0.0866. The number of amides is 1. The van der Waals surface area contributed by atoms with Crippen molar-refractivity contribution in [2.75, 3.05) is 13.1 Å². The van der Waals surface area contributed by atoms with Crippen molar-refractivity contribution < 1.29 is 14.7 Å². The summed E-state index contributed by atoms with van der Waals surface area (Å²) in [6.45, 7) is 5.65. The summed E-state index contributed by atoms with van der Waals surface area (Å²) in [5.41, 5.74) is 0.381. The highest BCUT2D eigenvalue weighted by Crippen LogP contribution is 2.14. The van der Waals surface area contributed by atoms with Crippen molar-refractivity contribution in [2.45, 2.75) is 52.4 Å². The van der Waals surface area contributed by atoms with Crippen molar-refractivity contribution in [3.63, 3.8) is 0 Å². The van der Waals surface area contributed by atoms with Crippen molar-refractivity contribution >= 4 is 11.9 Å². The van der Waals surface area contributed by atoms with Crippen LogP contribution in [0.15, 0.2) is 24.3 Å². The van der Waals surface area contributed by atoms with Crippen LogP contribution in [0.5, 0.6) is 0 Å². The molecule has 1 aromatic rings. The Morgan fingerprint density at radius 2 is 1.41 bits per heavy atom. The predicted molar refractivity (Wildman–Crippen MR) is 88.4 cm³/mol. The summed E-state index contributed by atoms with van der Waals surface area (Å²) in [4.78, 5) is 25.8. The van der Waals surface area contributed by atoms with Gasteiger partial charge < -0.3 is 10.0 Å². The van der Waals surface area contributed by atoms with Crippen molar-refractivity contribution in [3.05, 3.63) is 35.4 Å². The number of carbonyl (C=O) groups is 2. The number of hydrogen-bond acceptors (Lipinski definition) is 2. The van der Waals surface area contributed by atoms with E-state index < -0.39 is 5.97 Å². The third-order valence-electron chi connectivity index (χ3n) is 3.74. The molecule has 4 heteroatoms. The van der Waals surface area contributed by atoms with E-state index in [1.807, 2.05) is 4.90 Å². The lowest BCUT2D eigenvalue weighted by atomic mass is 10.1. The van der Waals surface area contributed by atoms with Gasteiger partial charge >= 0.3 is 5.97 Å². The third-order valence-corrected chi connectivity index (χ3v) is 3.74. The first kappa shape index (κ1) is 18.2. The minimum atomic E-state index is -1.05. The fourth-order valence-corrected chi connectivity index (χ4v) is 2.45. The topological polar surface area (TPSA) is 57.6 Å². The SMILES string of the molecule is CCCCCN(CCCCC)C(=O)c1ccccc1C(=O)O. The lowest BCUT2D eigenvalue weighted by molar-refractivity contribution is 0.0673. The van der Waals surface area contributed by atoms with Gasteiger partial charge in [-0.2, -0.15) is 0 Å². The van der Waals surface area contributed by atoms with Crippen molar-refractivity contribution in [2.24, 2.45) is 0 Å². The van der Waals surface area contributed by atoms with Gasteiger partial charge in [-0.1, -0.05) is 51.7 Å². The van der Waals surface area contributed by atoms with Crippen LogP contribution < -0.4 is 0 Å². The zero-order valence-electron chi connectivity index (χ0n) is 13.7. The predicted octanol–water partition coefficient (Wildman–Crippen LogP) is 4.21. The molecule has 22 heavy (non-hydrogen) atoms. The lowest BCUT2D eigenvalue weighted by Crippen LogP contribution is -2.34. The number of rotatable bonds is 10. The van der Waals surface area contributed by atoms with Crippen LogP contribution in [0.3, 0.4) is 0 Å². The second-order valence-corrected chi connectivity index (χ2v) is 5.56. The average molecular weight is 305 g/mol. The Kier molecular flexibility index (Phi) is 8.26. The Morgan fingerprint density at radius 3 is 1.86 bits per heavy atom. The van der Waals surface area contributed by atoms with E-state index in [4.69, 9.17) is 0 Å². The van der Waals surface area contributed by atoms with Crippen LogP contribution in [0.25, 0.3) is 0 Å². The third kappa shape index (κ3) is 5.51. The van der Waals surface area contributed by atoms with Gasteiger partial charge in [-0.05, 0) is 25.0 Å². The first-order chi connectivity index (χ1) is 10.6. The van der Waals surface area contributed by atoms with E-state index >= 15 is 0 Å². The van der Waals surface area contributed by atoms with Crippen molar-refractivity contribution in [1.29, 1.82) is 0 Å². The second kappa shape index (κ2) is 9.98. The quantitative estimate of drug-likeness (QED) is 0.659. The molecule has 0 fully saturated rings.